The molecule has 0 fully saturated rings. The lowest BCUT2D eigenvalue weighted by atomic mass is 9.91. The number of aromatic amines is 1. The molecule has 0 radical (unpaired) electrons. The highest BCUT2D eigenvalue weighted by molar-refractivity contribution is 7.99. The SMILES string of the molecule is CSCC(=O)NC[C@@H](c1ccccc1Cl)c1c[nH]c2ccccc12. The summed E-state index contributed by atoms with van der Waals surface area (Å²) in [6.45, 7) is 0.519. The zero-order valence-electron chi connectivity index (χ0n) is 13.4. The number of hydrogen-bond acceptors (Lipinski definition) is 2. The third-order valence-electron chi connectivity index (χ3n) is 4.06. The minimum atomic E-state index is 0.000608. The molecule has 0 aliphatic carbocycles. The van der Waals surface area contributed by atoms with Gasteiger partial charge < -0.3 is 10.3 Å². The first-order valence-corrected chi connectivity index (χ1v) is 9.54. The van der Waals surface area contributed by atoms with E-state index in [2.05, 4.69) is 22.4 Å². The van der Waals surface area contributed by atoms with Gasteiger partial charge in [0.2, 0.25) is 5.91 Å². The molecule has 0 saturated heterocycles. The van der Waals surface area contributed by atoms with E-state index >= 15 is 0 Å². The second-order valence-electron chi connectivity index (χ2n) is 5.60. The lowest BCUT2D eigenvalue weighted by molar-refractivity contribution is -0.118. The fraction of sp³-hybridized carbons (Fsp3) is 0.211. The van der Waals surface area contributed by atoms with Crippen molar-refractivity contribution in [2.24, 2.45) is 0 Å². The summed E-state index contributed by atoms with van der Waals surface area (Å²) in [4.78, 5) is 15.2. The number of benzene rings is 2. The number of thioether (sulfide) groups is 1. The lowest BCUT2D eigenvalue weighted by Crippen LogP contribution is -2.30. The number of aromatic nitrogens is 1. The molecule has 0 unspecified atom stereocenters. The van der Waals surface area contributed by atoms with Gasteiger partial charge in [0.25, 0.3) is 0 Å². The molecule has 3 nitrogen and oxygen atoms in total. The number of carbonyl (C=O) groups excluding carboxylic acids is 1. The zero-order valence-corrected chi connectivity index (χ0v) is 15.0. The maximum absolute atomic E-state index is 11.9. The van der Waals surface area contributed by atoms with E-state index in [4.69, 9.17) is 11.6 Å². The molecule has 24 heavy (non-hydrogen) atoms. The number of fused-ring (bicyclic) bond motifs is 1. The maximum atomic E-state index is 11.9. The molecule has 0 aliphatic heterocycles. The maximum Gasteiger partial charge on any atom is 0.230 e. The summed E-state index contributed by atoms with van der Waals surface area (Å²) < 4.78 is 0. The van der Waals surface area contributed by atoms with Gasteiger partial charge >= 0.3 is 0 Å². The number of amides is 1. The van der Waals surface area contributed by atoms with Crippen LogP contribution >= 0.6 is 23.4 Å². The largest absolute Gasteiger partial charge is 0.361 e. The summed E-state index contributed by atoms with van der Waals surface area (Å²) in [5.41, 5.74) is 3.25. The van der Waals surface area contributed by atoms with Crippen molar-refractivity contribution < 1.29 is 4.79 Å². The van der Waals surface area contributed by atoms with E-state index in [0.717, 1.165) is 22.0 Å². The second-order valence-corrected chi connectivity index (χ2v) is 6.87. The lowest BCUT2D eigenvalue weighted by Gasteiger charge is -2.19. The molecule has 3 rings (SSSR count). The van der Waals surface area contributed by atoms with Crippen molar-refractivity contribution >= 4 is 40.2 Å². The second kappa shape index (κ2) is 7.77. The van der Waals surface area contributed by atoms with Crippen LogP contribution in [0.15, 0.2) is 54.7 Å². The molecular formula is C19H19ClN2OS. The summed E-state index contributed by atoms with van der Waals surface area (Å²) in [5, 5.41) is 4.90. The molecule has 2 N–H and O–H groups in total. The van der Waals surface area contributed by atoms with Gasteiger partial charge in [-0.15, -0.1) is 0 Å². The fourth-order valence-electron chi connectivity index (χ4n) is 2.93. The summed E-state index contributed by atoms with van der Waals surface area (Å²) in [6, 6.07) is 16.0. The molecule has 3 aromatic rings. The van der Waals surface area contributed by atoms with Crippen LogP contribution in [0.25, 0.3) is 10.9 Å². The quantitative estimate of drug-likeness (QED) is 0.684. The third-order valence-corrected chi connectivity index (χ3v) is 4.95. The van der Waals surface area contributed by atoms with Crippen molar-refractivity contribution in [1.29, 1.82) is 0 Å². The number of carbonyl (C=O) groups is 1. The van der Waals surface area contributed by atoms with Crippen LogP contribution in [0, 0.1) is 0 Å². The topological polar surface area (TPSA) is 44.9 Å². The van der Waals surface area contributed by atoms with Gasteiger partial charge in [-0.05, 0) is 29.5 Å². The van der Waals surface area contributed by atoms with Crippen LogP contribution in [-0.2, 0) is 4.79 Å². The molecule has 1 atom stereocenters. The summed E-state index contributed by atoms with van der Waals surface area (Å²) >= 11 is 7.95. The predicted octanol–water partition coefficient (Wildman–Crippen LogP) is 4.43. The van der Waals surface area contributed by atoms with Gasteiger partial charge in [-0.25, -0.2) is 0 Å². The molecule has 1 heterocycles. The molecule has 5 heteroatoms. The molecule has 124 valence electrons. The van der Waals surface area contributed by atoms with Crippen LogP contribution < -0.4 is 5.32 Å². The Balaban J connectivity index is 1.99. The van der Waals surface area contributed by atoms with Crippen LogP contribution in [0.2, 0.25) is 5.02 Å². The number of para-hydroxylation sites is 1. The Bertz CT molecular complexity index is 846. The highest BCUT2D eigenvalue weighted by Gasteiger charge is 2.20. The van der Waals surface area contributed by atoms with Crippen molar-refractivity contribution in [2.45, 2.75) is 5.92 Å². The van der Waals surface area contributed by atoms with Gasteiger partial charge in [-0.2, -0.15) is 11.8 Å². The first kappa shape index (κ1) is 16.9. The van der Waals surface area contributed by atoms with E-state index in [-0.39, 0.29) is 11.8 Å². The Morgan fingerprint density at radius 1 is 1.17 bits per heavy atom. The van der Waals surface area contributed by atoms with Gasteiger partial charge in [0.15, 0.2) is 0 Å². The Morgan fingerprint density at radius 2 is 1.92 bits per heavy atom. The van der Waals surface area contributed by atoms with Crippen LogP contribution in [-0.4, -0.2) is 29.4 Å². The molecule has 0 spiro atoms. The molecular weight excluding hydrogens is 340 g/mol. The monoisotopic (exact) mass is 358 g/mol. The molecule has 2 aromatic carbocycles. The van der Waals surface area contributed by atoms with Crippen LogP contribution in [0.4, 0.5) is 0 Å². The summed E-state index contributed by atoms with van der Waals surface area (Å²) in [7, 11) is 0. The number of halogens is 1. The first-order chi connectivity index (χ1) is 11.7. The minimum Gasteiger partial charge on any atom is -0.361 e. The Morgan fingerprint density at radius 3 is 2.71 bits per heavy atom. The number of H-pyrrole nitrogens is 1. The van der Waals surface area contributed by atoms with Crippen molar-refractivity contribution in [2.75, 3.05) is 18.6 Å². The Hall–Kier alpha value is -1.91. The number of rotatable bonds is 6. The third kappa shape index (κ3) is 3.60. The van der Waals surface area contributed by atoms with E-state index in [1.807, 2.05) is 48.9 Å². The van der Waals surface area contributed by atoms with Gasteiger partial charge in [-0.1, -0.05) is 48.0 Å². The van der Waals surface area contributed by atoms with Gasteiger partial charge in [0, 0.05) is 34.6 Å². The van der Waals surface area contributed by atoms with Crippen molar-refractivity contribution in [3.8, 4) is 0 Å². The van der Waals surface area contributed by atoms with E-state index < -0.39 is 0 Å². The van der Waals surface area contributed by atoms with E-state index in [1.165, 1.54) is 11.8 Å². The van der Waals surface area contributed by atoms with Gasteiger partial charge in [-0.3, -0.25) is 4.79 Å². The summed E-state index contributed by atoms with van der Waals surface area (Å²) in [6.07, 6.45) is 3.93. The van der Waals surface area contributed by atoms with E-state index in [1.54, 1.807) is 0 Å². The smallest absolute Gasteiger partial charge is 0.230 e. The number of hydrogen-bond donors (Lipinski definition) is 2. The van der Waals surface area contributed by atoms with Crippen LogP contribution in [0.5, 0.6) is 0 Å². The van der Waals surface area contributed by atoms with Crippen LogP contribution in [0.1, 0.15) is 17.0 Å². The average molecular weight is 359 g/mol. The molecule has 1 amide bonds. The first-order valence-electron chi connectivity index (χ1n) is 7.76. The highest BCUT2D eigenvalue weighted by Crippen LogP contribution is 2.34. The average Bonchev–Trinajstić information content (AvgIpc) is 3.01. The zero-order chi connectivity index (χ0) is 16.9. The predicted molar refractivity (Wildman–Crippen MR) is 103 cm³/mol. The van der Waals surface area contributed by atoms with Crippen LogP contribution in [0.3, 0.4) is 0 Å². The minimum absolute atomic E-state index is 0.000608. The van der Waals surface area contributed by atoms with Gasteiger partial charge in [0.1, 0.15) is 0 Å². The van der Waals surface area contributed by atoms with Crippen molar-refractivity contribution in [1.82, 2.24) is 10.3 Å². The van der Waals surface area contributed by atoms with Gasteiger partial charge in [0.05, 0.1) is 5.75 Å². The molecule has 0 bridgehead atoms. The summed E-state index contributed by atoms with van der Waals surface area (Å²) in [5.74, 6) is 0.503. The van der Waals surface area contributed by atoms with E-state index in [9.17, 15) is 4.79 Å². The fourth-order valence-corrected chi connectivity index (χ4v) is 3.56. The molecule has 1 aromatic heterocycles. The van der Waals surface area contributed by atoms with E-state index in [0.29, 0.717) is 17.3 Å². The van der Waals surface area contributed by atoms with Crippen molar-refractivity contribution in [3.05, 3.63) is 70.9 Å². The Kier molecular flexibility index (Phi) is 5.48. The normalized spacial score (nSPS) is 12.2. The van der Waals surface area contributed by atoms with Crippen molar-refractivity contribution in [3.63, 3.8) is 0 Å². The highest BCUT2D eigenvalue weighted by atomic mass is 35.5. The number of nitrogens with one attached hydrogen (secondary N) is 2. The Labute approximate surface area is 150 Å². The standard InChI is InChI=1S/C19H19ClN2OS/c1-24-12-19(23)22-11-15(13-6-2-4-8-17(13)20)16-10-21-18-9-5-3-7-14(16)18/h2-10,15,21H,11-12H2,1H3,(H,22,23)/t15-/m0/s1. The molecule has 0 aliphatic rings. The molecule has 0 saturated carbocycles.